The zero-order chi connectivity index (χ0) is 38.6. The Morgan fingerprint density at radius 1 is 0.745 bits per heavy atom. The number of halogens is 5. The van der Waals surface area contributed by atoms with Crippen LogP contribution in [0, 0.1) is 25.5 Å². The molecule has 18 heteroatoms. The molecule has 4 rings (SSSR count). The molecule has 0 unspecified atom stereocenters. The van der Waals surface area contributed by atoms with Crippen LogP contribution in [0.4, 0.5) is 20.7 Å². The normalized spacial score (nSPS) is 10.8. The van der Waals surface area contributed by atoms with E-state index in [0.29, 0.717) is 27.0 Å². The Balaban J connectivity index is 0.000000805. The molecule has 0 bridgehead atoms. The first-order chi connectivity index (χ1) is 23.0. The van der Waals surface area contributed by atoms with E-state index in [1.165, 1.54) is 31.3 Å². The van der Waals surface area contributed by atoms with Crippen LogP contribution in [-0.2, 0) is 28.5 Å². The Kier molecular flexibility index (Phi) is 21.7. The molecule has 0 spiro atoms. The zero-order valence-electron chi connectivity index (χ0n) is 29.3. The van der Waals surface area contributed by atoms with E-state index in [9.17, 15) is 25.6 Å². The molecule has 0 saturated heterocycles. The van der Waals surface area contributed by atoms with Crippen LogP contribution in [0.3, 0.4) is 0 Å². The van der Waals surface area contributed by atoms with Crippen molar-refractivity contribution in [3.8, 4) is 22.5 Å². The van der Waals surface area contributed by atoms with Crippen molar-refractivity contribution < 1.29 is 35.1 Å². The van der Waals surface area contributed by atoms with Crippen LogP contribution >= 0.6 is 50.6 Å². The molecule has 4 aromatic rings. The SMILES string of the molecule is C.CNc1nc(-c2ccc(F)cc2)c(C)c(C(C)C)n1.CS(=O)(=O)Cl.Cc1c(-c2ccc(F)cc2)nc(N(C)S(C)(=O)=O)nc1C(C)C.[I][V][I]. The van der Waals surface area contributed by atoms with Crippen molar-refractivity contribution in [1.29, 1.82) is 0 Å². The number of hydrogen-bond acceptors (Lipinski definition) is 9. The maximum atomic E-state index is 13.2. The van der Waals surface area contributed by atoms with Crippen LogP contribution in [0.2, 0.25) is 0 Å². The second-order valence-corrected chi connectivity index (χ2v) is 28.2. The molecule has 283 valence electrons. The Morgan fingerprint density at radius 2 is 1.08 bits per heavy atom. The molecule has 0 aliphatic heterocycles. The molecule has 10 nitrogen and oxygen atoms in total. The molecule has 0 saturated carbocycles. The summed E-state index contributed by atoms with van der Waals surface area (Å²) in [6.45, 7) is 12.1. The average molecular weight is 1030 g/mol. The topological polar surface area (TPSA) is 135 Å². The van der Waals surface area contributed by atoms with Gasteiger partial charge in [-0.25, -0.2) is 49.9 Å². The molecular weight excluding hydrogens is 987 g/mol. The molecule has 0 amide bonds. The molecule has 0 fully saturated rings. The molecule has 2 heterocycles. The van der Waals surface area contributed by atoms with E-state index in [1.54, 1.807) is 31.3 Å². The number of rotatable bonds is 7. The van der Waals surface area contributed by atoms with Gasteiger partial charge in [-0.3, -0.25) is 0 Å². The minimum atomic E-state index is -3.47. The summed E-state index contributed by atoms with van der Waals surface area (Å²) in [4.78, 5) is 17.8. The van der Waals surface area contributed by atoms with Gasteiger partial charge >= 0.3 is 49.4 Å². The molecule has 2 aromatic heterocycles. The van der Waals surface area contributed by atoms with Gasteiger partial charge in [-0.2, -0.15) is 0 Å². The number of anilines is 2. The average Bonchev–Trinajstić information content (AvgIpc) is 3.01. The van der Waals surface area contributed by atoms with E-state index in [-0.39, 0.29) is 30.9 Å². The van der Waals surface area contributed by atoms with Crippen LogP contribution < -0.4 is 9.62 Å². The van der Waals surface area contributed by atoms with Crippen molar-refractivity contribution in [2.75, 3.05) is 36.2 Å². The standard InChI is InChI=1S/C16H20FN3O2S.C15H18FN3.CH3ClO2S.CH4.2HI.V/c1-10(2)14-11(3)15(12-6-8-13(17)9-7-12)19-16(18-14)20(4)23(5,21)22;1-9(2)13-10(3)14(19-15(17-4)18-13)11-5-7-12(16)8-6-11;1-5(2,3)4;;;;/h6-10H,1-5H3;5-9H,1-4H3,(H,17,18,19);1H3;1H4;2*1H;/q;;;;;;+2/p-2. The zero-order valence-corrected chi connectivity index (χ0v) is 37.4. The van der Waals surface area contributed by atoms with Gasteiger partial charge in [0.05, 0.1) is 35.3 Å². The fourth-order valence-corrected chi connectivity index (χ4v) is 4.74. The van der Waals surface area contributed by atoms with Crippen molar-refractivity contribution in [1.82, 2.24) is 19.9 Å². The second kappa shape index (κ2) is 22.5. The summed E-state index contributed by atoms with van der Waals surface area (Å²) in [5, 5.41) is 2.97. The van der Waals surface area contributed by atoms with Crippen molar-refractivity contribution in [2.24, 2.45) is 0 Å². The molecule has 0 aliphatic rings. The minimum absolute atomic E-state index is 0. The van der Waals surface area contributed by atoms with E-state index >= 15 is 0 Å². The van der Waals surface area contributed by atoms with Crippen LogP contribution in [0.5, 0.6) is 0 Å². The summed E-state index contributed by atoms with van der Waals surface area (Å²) in [6, 6.07) is 12.3. The monoisotopic (exact) mass is 1030 g/mol. The van der Waals surface area contributed by atoms with Crippen molar-refractivity contribution >= 4 is 81.6 Å². The fraction of sp³-hybridized carbons (Fsp3) is 0.394. The predicted molar refractivity (Wildman–Crippen MR) is 221 cm³/mol. The van der Waals surface area contributed by atoms with E-state index < -0.39 is 19.1 Å². The van der Waals surface area contributed by atoms with Gasteiger partial charge in [0.2, 0.25) is 31.0 Å². The number of nitrogens with zero attached hydrogens (tertiary/aromatic N) is 5. The van der Waals surface area contributed by atoms with Crippen molar-refractivity contribution in [2.45, 2.75) is 60.8 Å². The summed E-state index contributed by atoms with van der Waals surface area (Å²) < 4.78 is 69.6. The first-order valence-electron chi connectivity index (χ1n) is 14.8. The molecule has 2 aromatic carbocycles. The molecule has 0 aliphatic carbocycles. The first kappa shape index (κ1) is 49.3. The summed E-state index contributed by atoms with van der Waals surface area (Å²) >= 11 is 4.74. The van der Waals surface area contributed by atoms with Crippen LogP contribution in [0.15, 0.2) is 48.5 Å². The summed E-state index contributed by atoms with van der Waals surface area (Å²) in [5.74, 6) is 0.541. The number of aromatic nitrogens is 4. The third-order valence-corrected chi connectivity index (χ3v) is 7.85. The van der Waals surface area contributed by atoms with Crippen molar-refractivity contribution in [3.63, 3.8) is 0 Å². The fourth-order valence-electron chi connectivity index (χ4n) is 4.36. The first-order valence-corrected chi connectivity index (χ1v) is 28.4. The summed E-state index contributed by atoms with van der Waals surface area (Å²) in [6.07, 6.45) is 2.03. The van der Waals surface area contributed by atoms with Crippen LogP contribution in [0.25, 0.3) is 22.5 Å². The maximum absolute atomic E-state index is 13.2. The third-order valence-electron chi connectivity index (χ3n) is 6.69. The summed E-state index contributed by atoms with van der Waals surface area (Å²) in [5.41, 5.74) is 6.76. The van der Waals surface area contributed by atoms with Gasteiger partial charge in [0.15, 0.2) is 0 Å². The number of hydrogen-bond donors (Lipinski definition) is 1. The Hall–Kier alpha value is -1.71. The van der Waals surface area contributed by atoms with Gasteiger partial charge in [0.1, 0.15) is 11.6 Å². The summed E-state index contributed by atoms with van der Waals surface area (Å²) in [7, 11) is 1.68. The molecule has 1 N–H and O–H groups in total. The predicted octanol–water partition coefficient (Wildman–Crippen LogP) is 9.46. The van der Waals surface area contributed by atoms with E-state index in [4.69, 9.17) is 0 Å². The van der Waals surface area contributed by atoms with Gasteiger partial charge in [-0.05, 0) is 85.3 Å². The number of nitrogens with one attached hydrogen (secondary N) is 1. The van der Waals surface area contributed by atoms with Gasteiger partial charge in [-0.1, -0.05) is 35.1 Å². The Labute approximate surface area is 335 Å². The Morgan fingerprint density at radius 3 is 1.39 bits per heavy atom. The van der Waals surface area contributed by atoms with Gasteiger partial charge < -0.3 is 5.32 Å². The molecule has 51 heavy (non-hydrogen) atoms. The second-order valence-electron chi connectivity index (χ2n) is 11.3. The Bertz CT molecular complexity index is 1920. The molecular formula is C33H45ClF2I2N6O4S2V. The number of benzene rings is 2. The van der Waals surface area contributed by atoms with Crippen LogP contribution in [-0.4, -0.2) is 63.4 Å². The van der Waals surface area contributed by atoms with E-state index in [1.807, 2.05) is 27.7 Å². The van der Waals surface area contributed by atoms with Gasteiger partial charge in [0.25, 0.3) is 0 Å². The molecule has 0 radical (unpaired) electrons. The quantitative estimate of drug-likeness (QED) is 0.142. The van der Waals surface area contributed by atoms with Gasteiger partial charge in [-0.15, -0.1) is 0 Å². The van der Waals surface area contributed by atoms with E-state index in [0.717, 1.165) is 56.2 Å². The van der Waals surface area contributed by atoms with Crippen molar-refractivity contribution in [3.05, 3.63) is 82.7 Å². The van der Waals surface area contributed by atoms with Crippen LogP contribution in [0.1, 0.15) is 69.5 Å². The third kappa shape index (κ3) is 16.9. The molecule has 0 atom stereocenters. The van der Waals surface area contributed by atoms with E-state index in [2.05, 4.69) is 89.7 Å². The van der Waals surface area contributed by atoms with Gasteiger partial charge in [0, 0.05) is 35.9 Å². The number of sulfonamides is 1.